The maximum absolute atomic E-state index is 14.2. The molecule has 2 aliphatic rings. The maximum atomic E-state index is 14.2. The van der Waals surface area contributed by atoms with E-state index in [-0.39, 0.29) is 10.2 Å². The molecule has 1 aliphatic carbocycles. The molecule has 2 fully saturated rings. The molecule has 1 amide bonds. The summed E-state index contributed by atoms with van der Waals surface area (Å²) in [5.41, 5.74) is -3.74. The zero-order chi connectivity index (χ0) is 21.8. The molecular weight excluding hydrogens is 488 g/mol. The van der Waals surface area contributed by atoms with E-state index in [1.807, 2.05) is 0 Å². The first-order valence-corrected chi connectivity index (χ1v) is 10.1. The summed E-state index contributed by atoms with van der Waals surface area (Å²) in [6, 6.07) is 6.51. The minimum Gasteiger partial charge on any atom is -0.327 e. The van der Waals surface area contributed by atoms with Crippen molar-refractivity contribution in [3.8, 4) is 6.07 Å². The molecule has 30 heavy (non-hydrogen) atoms. The monoisotopic (exact) mass is 500 g/mol. The standard InChI is InChI=1S/C19H13BrF4N4OS/c20-13-3-2-10(7-14(13)21)28-17(30)27(16(29)18(28)4-1-5-18)11-6-12(19(22,23)24)15(8-25)26-9-11/h2-3,6-7,9,17,30H,1,4-5H2. The van der Waals surface area contributed by atoms with E-state index in [9.17, 15) is 22.4 Å². The summed E-state index contributed by atoms with van der Waals surface area (Å²) >= 11 is 7.59. The Morgan fingerprint density at radius 1 is 1.27 bits per heavy atom. The topological polar surface area (TPSA) is 60.2 Å². The van der Waals surface area contributed by atoms with Crippen molar-refractivity contribution in [1.82, 2.24) is 4.98 Å². The number of aromatic nitrogens is 1. The van der Waals surface area contributed by atoms with Gasteiger partial charge >= 0.3 is 6.18 Å². The third-order valence-electron chi connectivity index (χ3n) is 5.46. The van der Waals surface area contributed by atoms with Crippen LogP contribution in [0.3, 0.4) is 0 Å². The molecule has 2 aromatic rings. The quantitative estimate of drug-likeness (QED) is 0.472. The largest absolute Gasteiger partial charge is 0.419 e. The molecule has 0 bridgehead atoms. The van der Waals surface area contributed by atoms with Gasteiger partial charge in [0.25, 0.3) is 5.91 Å². The van der Waals surface area contributed by atoms with E-state index in [0.717, 1.165) is 23.6 Å². The number of benzene rings is 1. The summed E-state index contributed by atoms with van der Waals surface area (Å²) < 4.78 is 54.5. The van der Waals surface area contributed by atoms with Crippen molar-refractivity contribution < 1.29 is 22.4 Å². The number of carbonyl (C=O) groups is 1. The van der Waals surface area contributed by atoms with E-state index < -0.39 is 40.2 Å². The van der Waals surface area contributed by atoms with Crippen LogP contribution < -0.4 is 9.80 Å². The molecule has 1 aliphatic heterocycles. The zero-order valence-corrected chi connectivity index (χ0v) is 17.6. The van der Waals surface area contributed by atoms with Crippen molar-refractivity contribution in [1.29, 1.82) is 5.26 Å². The number of carbonyl (C=O) groups excluding carboxylic acids is 1. The predicted octanol–water partition coefficient (Wildman–Crippen LogP) is 4.86. The van der Waals surface area contributed by atoms with Crippen LogP contribution in [0.1, 0.15) is 30.5 Å². The lowest BCUT2D eigenvalue weighted by molar-refractivity contribution is -0.138. The SMILES string of the molecule is N#Cc1ncc(N2C(=O)C3(CCC3)N(c3ccc(Br)c(F)c3)C2S)cc1C(F)(F)F. The van der Waals surface area contributed by atoms with Crippen LogP contribution in [0.15, 0.2) is 34.9 Å². The average Bonchev–Trinajstić information content (AvgIpc) is 2.90. The number of nitrogens with zero attached hydrogens (tertiary/aromatic N) is 4. The van der Waals surface area contributed by atoms with Crippen LogP contribution in [-0.4, -0.2) is 21.9 Å². The Labute approximate surface area is 182 Å². The van der Waals surface area contributed by atoms with Crippen molar-refractivity contribution in [3.05, 3.63) is 52.0 Å². The number of anilines is 2. The number of rotatable bonds is 2. The van der Waals surface area contributed by atoms with Crippen molar-refractivity contribution in [2.24, 2.45) is 0 Å². The van der Waals surface area contributed by atoms with Crippen LogP contribution in [0.2, 0.25) is 0 Å². The number of halogens is 5. The Balaban J connectivity index is 1.82. The first-order chi connectivity index (χ1) is 14.1. The van der Waals surface area contributed by atoms with Gasteiger partial charge < -0.3 is 4.90 Å². The van der Waals surface area contributed by atoms with Gasteiger partial charge in [0.1, 0.15) is 17.4 Å². The molecule has 156 valence electrons. The highest BCUT2D eigenvalue weighted by Crippen LogP contribution is 2.50. The summed E-state index contributed by atoms with van der Waals surface area (Å²) in [5, 5.41) is 8.96. The summed E-state index contributed by atoms with van der Waals surface area (Å²) in [7, 11) is 0. The van der Waals surface area contributed by atoms with Crippen LogP contribution >= 0.6 is 28.6 Å². The van der Waals surface area contributed by atoms with E-state index in [1.165, 1.54) is 18.2 Å². The van der Waals surface area contributed by atoms with E-state index >= 15 is 0 Å². The number of nitriles is 1. The van der Waals surface area contributed by atoms with Gasteiger partial charge in [0.2, 0.25) is 0 Å². The van der Waals surface area contributed by atoms with Gasteiger partial charge in [-0.3, -0.25) is 9.69 Å². The third-order valence-corrected chi connectivity index (χ3v) is 6.57. The van der Waals surface area contributed by atoms with Crippen molar-refractivity contribution in [3.63, 3.8) is 0 Å². The fourth-order valence-electron chi connectivity index (χ4n) is 3.89. The highest BCUT2D eigenvalue weighted by molar-refractivity contribution is 9.10. The first kappa shape index (κ1) is 20.9. The second-order valence-electron chi connectivity index (χ2n) is 7.07. The molecule has 0 N–H and O–H groups in total. The lowest BCUT2D eigenvalue weighted by atomic mass is 9.75. The molecule has 5 nitrogen and oxygen atoms in total. The van der Waals surface area contributed by atoms with Crippen LogP contribution in [-0.2, 0) is 11.0 Å². The summed E-state index contributed by atoms with van der Waals surface area (Å²) in [4.78, 5) is 19.7. The molecular formula is C19H13BrF4N4OS. The van der Waals surface area contributed by atoms with E-state index in [0.29, 0.717) is 18.5 Å². The van der Waals surface area contributed by atoms with E-state index in [4.69, 9.17) is 5.26 Å². The Hall–Kier alpha value is -2.32. The third kappa shape index (κ3) is 3.04. The fourth-order valence-corrected chi connectivity index (χ4v) is 4.73. The van der Waals surface area contributed by atoms with Crippen molar-refractivity contribution in [2.45, 2.75) is 36.5 Å². The molecule has 2 heterocycles. The van der Waals surface area contributed by atoms with E-state index in [1.54, 1.807) is 11.0 Å². The molecule has 11 heteroatoms. The van der Waals surface area contributed by atoms with E-state index in [2.05, 4.69) is 33.5 Å². The van der Waals surface area contributed by atoms with Gasteiger partial charge in [-0.25, -0.2) is 9.37 Å². The molecule has 4 rings (SSSR count). The minimum absolute atomic E-state index is 0.127. The Kier molecular flexibility index (Phi) is 4.97. The molecule has 1 atom stereocenters. The van der Waals surface area contributed by atoms with Gasteiger partial charge in [-0.1, -0.05) is 0 Å². The van der Waals surface area contributed by atoms with Crippen LogP contribution in [0.5, 0.6) is 0 Å². The summed E-state index contributed by atoms with van der Waals surface area (Å²) in [6.45, 7) is 0. The van der Waals surface area contributed by atoms with Gasteiger partial charge in [-0.15, -0.1) is 12.6 Å². The van der Waals surface area contributed by atoms with Crippen LogP contribution in [0, 0.1) is 17.1 Å². The molecule has 1 aromatic carbocycles. The average molecular weight is 501 g/mol. The second-order valence-corrected chi connectivity index (χ2v) is 8.39. The molecule has 0 radical (unpaired) electrons. The highest BCUT2D eigenvalue weighted by atomic mass is 79.9. The summed E-state index contributed by atoms with van der Waals surface area (Å²) in [6.07, 6.45) is -2.09. The smallest absolute Gasteiger partial charge is 0.327 e. The molecule has 1 saturated heterocycles. The lowest BCUT2D eigenvalue weighted by Gasteiger charge is -2.44. The lowest BCUT2D eigenvalue weighted by Crippen LogP contribution is -2.55. The number of hydrogen-bond acceptors (Lipinski definition) is 5. The molecule has 1 aromatic heterocycles. The molecule has 1 spiro atoms. The Morgan fingerprint density at radius 2 is 1.97 bits per heavy atom. The number of thiol groups is 1. The van der Waals surface area contributed by atoms with Gasteiger partial charge in [-0.2, -0.15) is 18.4 Å². The predicted molar refractivity (Wildman–Crippen MR) is 107 cm³/mol. The van der Waals surface area contributed by atoms with Gasteiger partial charge in [0, 0.05) is 5.69 Å². The zero-order valence-electron chi connectivity index (χ0n) is 15.1. The Morgan fingerprint density at radius 3 is 2.50 bits per heavy atom. The van der Waals surface area contributed by atoms with Crippen LogP contribution in [0.4, 0.5) is 28.9 Å². The first-order valence-electron chi connectivity index (χ1n) is 8.83. The normalized spacial score (nSPS) is 20.4. The van der Waals surface area contributed by atoms with Crippen LogP contribution in [0.25, 0.3) is 0 Å². The maximum Gasteiger partial charge on any atom is 0.419 e. The van der Waals surface area contributed by atoms with Gasteiger partial charge in [0.05, 0.1) is 21.9 Å². The fraction of sp³-hybridized carbons (Fsp3) is 0.316. The highest BCUT2D eigenvalue weighted by Gasteiger charge is 2.60. The van der Waals surface area contributed by atoms with Crippen molar-refractivity contribution >= 4 is 45.8 Å². The number of alkyl halides is 3. The van der Waals surface area contributed by atoms with Gasteiger partial charge in [0.15, 0.2) is 11.2 Å². The minimum atomic E-state index is -4.81. The Bertz CT molecular complexity index is 1080. The second kappa shape index (κ2) is 7.13. The molecule has 1 unspecified atom stereocenters. The number of hydrogen-bond donors (Lipinski definition) is 1. The van der Waals surface area contributed by atoms with Gasteiger partial charge in [-0.05, 0) is 59.5 Å². The summed E-state index contributed by atoms with van der Waals surface area (Å²) in [5.74, 6) is -0.968. The molecule has 1 saturated carbocycles. The number of pyridine rings is 1. The van der Waals surface area contributed by atoms with Crippen molar-refractivity contribution in [2.75, 3.05) is 9.80 Å². The number of amides is 1.